The Morgan fingerprint density at radius 1 is 1.35 bits per heavy atom. The minimum absolute atomic E-state index is 0.162. The Bertz CT molecular complexity index is 518. The fourth-order valence-electron chi connectivity index (χ4n) is 1.69. The maximum absolute atomic E-state index is 5.47. The van der Waals surface area contributed by atoms with Crippen molar-refractivity contribution in [1.29, 1.82) is 0 Å². The van der Waals surface area contributed by atoms with Crippen molar-refractivity contribution in [2.75, 3.05) is 12.8 Å². The highest BCUT2D eigenvalue weighted by Gasteiger charge is 2.11. The molecule has 1 aromatic heterocycles. The van der Waals surface area contributed by atoms with Gasteiger partial charge >= 0.3 is 0 Å². The maximum Gasteiger partial charge on any atom is 0.292 e. The van der Waals surface area contributed by atoms with Crippen molar-refractivity contribution in [2.24, 2.45) is 0 Å². The summed E-state index contributed by atoms with van der Waals surface area (Å²) in [6.07, 6.45) is 1.53. The molecule has 0 saturated carbocycles. The Balaban J connectivity index is 2.48. The first kappa shape index (κ1) is 11.5. The van der Waals surface area contributed by atoms with Crippen molar-refractivity contribution in [3.63, 3.8) is 0 Å². The van der Waals surface area contributed by atoms with E-state index >= 15 is 0 Å². The Morgan fingerprint density at radius 3 is 2.65 bits per heavy atom. The van der Waals surface area contributed by atoms with Gasteiger partial charge in [-0.3, -0.25) is 0 Å². The molecule has 0 aliphatic heterocycles. The van der Waals surface area contributed by atoms with Gasteiger partial charge in [-0.2, -0.15) is 4.98 Å². The number of nitrogen functional groups attached to an aromatic ring is 1. The molecule has 0 saturated heterocycles. The zero-order valence-electron chi connectivity index (χ0n) is 10.2. The van der Waals surface area contributed by atoms with Gasteiger partial charge in [-0.1, -0.05) is 19.9 Å². The average Bonchev–Trinajstić information content (AvgIpc) is 2.74. The molecule has 2 rings (SSSR count). The number of hydrogen-bond acceptors (Lipinski definition) is 4. The molecule has 0 aliphatic carbocycles. The molecule has 4 heteroatoms. The lowest BCUT2D eigenvalue weighted by Gasteiger charge is -2.10. The van der Waals surface area contributed by atoms with E-state index in [-0.39, 0.29) is 6.01 Å². The van der Waals surface area contributed by atoms with Gasteiger partial charge in [-0.05, 0) is 23.6 Å². The van der Waals surface area contributed by atoms with Crippen LogP contribution in [0.5, 0.6) is 5.75 Å². The quantitative estimate of drug-likeness (QED) is 0.883. The highest BCUT2D eigenvalue weighted by molar-refractivity contribution is 5.67. The van der Waals surface area contributed by atoms with Crippen LogP contribution in [-0.2, 0) is 0 Å². The second-order valence-corrected chi connectivity index (χ2v) is 4.19. The van der Waals surface area contributed by atoms with Gasteiger partial charge in [0.25, 0.3) is 6.01 Å². The van der Waals surface area contributed by atoms with Crippen LogP contribution in [0.4, 0.5) is 6.01 Å². The molecule has 90 valence electrons. The molecule has 0 radical (unpaired) electrons. The number of aromatic nitrogens is 1. The number of methoxy groups -OCH3 is 1. The van der Waals surface area contributed by atoms with Gasteiger partial charge in [0.05, 0.1) is 7.11 Å². The Kier molecular flexibility index (Phi) is 3.04. The molecule has 1 heterocycles. The molecular formula is C13H16N2O2. The van der Waals surface area contributed by atoms with Crippen molar-refractivity contribution in [3.8, 4) is 17.0 Å². The minimum atomic E-state index is 0.162. The van der Waals surface area contributed by atoms with Gasteiger partial charge in [-0.15, -0.1) is 0 Å². The fraction of sp³-hybridized carbons (Fsp3) is 0.308. The van der Waals surface area contributed by atoms with Crippen LogP contribution < -0.4 is 10.5 Å². The molecule has 2 N–H and O–H groups in total. The number of benzene rings is 1. The highest BCUT2D eigenvalue weighted by Crippen LogP contribution is 2.32. The lowest BCUT2D eigenvalue weighted by molar-refractivity contribution is 0.415. The second kappa shape index (κ2) is 4.49. The van der Waals surface area contributed by atoms with Gasteiger partial charge in [0.2, 0.25) is 0 Å². The summed E-state index contributed by atoms with van der Waals surface area (Å²) in [5.74, 6) is 1.24. The van der Waals surface area contributed by atoms with E-state index in [1.807, 2.05) is 12.1 Å². The van der Waals surface area contributed by atoms with Crippen molar-refractivity contribution < 1.29 is 9.15 Å². The molecule has 0 fully saturated rings. The maximum atomic E-state index is 5.47. The molecule has 0 spiro atoms. The first-order valence-electron chi connectivity index (χ1n) is 5.51. The molecule has 0 atom stereocenters. The first-order chi connectivity index (χ1) is 8.11. The average molecular weight is 232 g/mol. The predicted molar refractivity (Wildman–Crippen MR) is 67.0 cm³/mol. The number of nitrogens with two attached hydrogens (primary N) is 1. The highest BCUT2D eigenvalue weighted by atomic mass is 16.5. The summed E-state index contributed by atoms with van der Waals surface area (Å²) in [6, 6.07) is 6.22. The van der Waals surface area contributed by atoms with E-state index in [1.165, 1.54) is 11.8 Å². The number of anilines is 1. The van der Waals surface area contributed by atoms with Crippen molar-refractivity contribution >= 4 is 6.01 Å². The van der Waals surface area contributed by atoms with Gasteiger partial charge in [0.15, 0.2) is 0 Å². The lowest BCUT2D eigenvalue weighted by Crippen LogP contribution is -1.93. The van der Waals surface area contributed by atoms with E-state index in [4.69, 9.17) is 14.9 Å². The van der Waals surface area contributed by atoms with Gasteiger partial charge in [0.1, 0.15) is 17.7 Å². The summed E-state index contributed by atoms with van der Waals surface area (Å²) < 4.78 is 10.4. The molecule has 17 heavy (non-hydrogen) atoms. The lowest BCUT2D eigenvalue weighted by atomic mass is 10.00. The van der Waals surface area contributed by atoms with E-state index in [2.05, 4.69) is 24.9 Å². The van der Waals surface area contributed by atoms with E-state index in [9.17, 15) is 0 Å². The smallest absolute Gasteiger partial charge is 0.292 e. The number of hydrogen-bond donors (Lipinski definition) is 1. The SMILES string of the molecule is COc1cc(C(C)C)ccc1-c1coc(N)n1. The topological polar surface area (TPSA) is 61.3 Å². The zero-order valence-corrected chi connectivity index (χ0v) is 10.2. The molecule has 0 bridgehead atoms. The van der Waals surface area contributed by atoms with Crippen molar-refractivity contribution in [2.45, 2.75) is 19.8 Å². The molecule has 2 aromatic rings. The Hall–Kier alpha value is -1.97. The third-order valence-corrected chi connectivity index (χ3v) is 2.69. The van der Waals surface area contributed by atoms with Crippen LogP contribution in [0.25, 0.3) is 11.3 Å². The summed E-state index contributed by atoms with van der Waals surface area (Å²) in [4.78, 5) is 4.10. The molecule has 0 amide bonds. The monoisotopic (exact) mass is 232 g/mol. The van der Waals surface area contributed by atoms with Crippen LogP contribution in [-0.4, -0.2) is 12.1 Å². The van der Waals surface area contributed by atoms with Crippen LogP contribution in [0.3, 0.4) is 0 Å². The summed E-state index contributed by atoms with van der Waals surface area (Å²) >= 11 is 0. The second-order valence-electron chi connectivity index (χ2n) is 4.19. The summed E-state index contributed by atoms with van der Waals surface area (Å²) in [7, 11) is 1.65. The third-order valence-electron chi connectivity index (χ3n) is 2.69. The minimum Gasteiger partial charge on any atom is -0.496 e. The first-order valence-corrected chi connectivity index (χ1v) is 5.51. The zero-order chi connectivity index (χ0) is 12.4. The Morgan fingerprint density at radius 2 is 2.12 bits per heavy atom. The Labute approximate surface area is 100 Å². The largest absolute Gasteiger partial charge is 0.496 e. The van der Waals surface area contributed by atoms with Crippen LogP contribution in [0, 0.1) is 0 Å². The summed E-state index contributed by atoms with van der Waals surface area (Å²) in [6.45, 7) is 4.28. The number of rotatable bonds is 3. The van der Waals surface area contributed by atoms with E-state index < -0.39 is 0 Å². The van der Waals surface area contributed by atoms with E-state index in [1.54, 1.807) is 7.11 Å². The van der Waals surface area contributed by atoms with Crippen LogP contribution in [0.2, 0.25) is 0 Å². The third kappa shape index (κ3) is 2.25. The molecule has 0 unspecified atom stereocenters. The van der Waals surface area contributed by atoms with E-state index in [0.717, 1.165) is 11.3 Å². The van der Waals surface area contributed by atoms with Crippen LogP contribution in [0.15, 0.2) is 28.9 Å². The summed E-state index contributed by atoms with van der Waals surface area (Å²) in [5, 5.41) is 0. The fourth-order valence-corrected chi connectivity index (χ4v) is 1.69. The molecule has 1 aromatic carbocycles. The number of oxazole rings is 1. The van der Waals surface area contributed by atoms with Gasteiger partial charge in [0, 0.05) is 5.56 Å². The van der Waals surface area contributed by atoms with E-state index in [0.29, 0.717) is 11.6 Å². The molecule has 4 nitrogen and oxygen atoms in total. The van der Waals surface area contributed by atoms with Crippen molar-refractivity contribution in [1.82, 2.24) is 4.98 Å². The summed E-state index contributed by atoms with van der Waals surface area (Å²) in [5.41, 5.74) is 8.27. The van der Waals surface area contributed by atoms with Crippen LogP contribution >= 0.6 is 0 Å². The molecule has 0 aliphatic rings. The normalized spacial score (nSPS) is 10.8. The standard InChI is InChI=1S/C13H16N2O2/c1-8(2)9-4-5-10(12(6-9)16-3)11-7-17-13(14)15-11/h4-8H,1-3H3,(H2,14,15). The number of ether oxygens (including phenoxy) is 1. The van der Waals surface area contributed by atoms with Gasteiger partial charge in [-0.25, -0.2) is 0 Å². The van der Waals surface area contributed by atoms with Crippen molar-refractivity contribution in [3.05, 3.63) is 30.0 Å². The number of nitrogens with zero attached hydrogens (tertiary/aromatic N) is 1. The molecular weight excluding hydrogens is 216 g/mol. The predicted octanol–water partition coefficient (Wildman–Crippen LogP) is 3.06. The van der Waals surface area contributed by atoms with Crippen LogP contribution in [0.1, 0.15) is 25.3 Å². The van der Waals surface area contributed by atoms with Gasteiger partial charge < -0.3 is 14.9 Å².